The van der Waals surface area contributed by atoms with E-state index >= 15 is 0 Å². The number of rotatable bonds is 6. The maximum atomic E-state index is 11.0. The molecule has 0 aliphatic heterocycles. The number of nitrogens with one attached hydrogen (secondary N) is 1. The summed E-state index contributed by atoms with van der Waals surface area (Å²) in [5.41, 5.74) is 0.101. The molecule has 2 rings (SSSR count). The molecule has 0 amide bonds. The zero-order valence-corrected chi connectivity index (χ0v) is 11.2. The minimum Gasteiger partial charge on any atom is -0.477 e. The Morgan fingerprint density at radius 1 is 1.52 bits per heavy atom. The number of aryl methyl sites for hydroxylation is 1. The van der Waals surface area contributed by atoms with Crippen LogP contribution < -0.4 is 5.32 Å². The third-order valence-corrected chi connectivity index (χ3v) is 2.79. The quantitative estimate of drug-likeness (QED) is 0.602. The van der Waals surface area contributed by atoms with Crippen LogP contribution in [0.25, 0.3) is 0 Å². The summed E-state index contributed by atoms with van der Waals surface area (Å²) in [7, 11) is 1.81. The summed E-state index contributed by atoms with van der Waals surface area (Å²) in [6.45, 7) is 0.509. The molecule has 2 aromatic rings. The maximum absolute atomic E-state index is 11.0. The van der Waals surface area contributed by atoms with Gasteiger partial charge in [-0.3, -0.25) is 14.8 Å². The first kappa shape index (κ1) is 14.4. The first-order chi connectivity index (χ1) is 9.97. The van der Waals surface area contributed by atoms with Crippen molar-refractivity contribution in [2.75, 3.05) is 11.9 Å². The van der Waals surface area contributed by atoms with Gasteiger partial charge in [-0.2, -0.15) is 5.10 Å². The van der Waals surface area contributed by atoms with E-state index in [1.54, 1.807) is 10.9 Å². The van der Waals surface area contributed by atoms with Gasteiger partial charge in [-0.05, 0) is 12.0 Å². The van der Waals surface area contributed by atoms with Crippen molar-refractivity contribution in [1.82, 2.24) is 14.8 Å². The average molecular weight is 291 g/mol. The number of hydrogen-bond donors (Lipinski definition) is 2. The lowest BCUT2D eigenvalue weighted by molar-refractivity contribution is -0.385. The van der Waals surface area contributed by atoms with E-state index in [-0.39, 0.29) is 11.4 Å². The molecule has 21 heavy (non-hydrogen) atoms. The number of nitrogens with zero attached hydrogens (tertiary/aromatic N) is 4. The molecule has 0 saturated heterocycles. The molecular weight excluding hydrogens is 278 g/mol. The van der Waals surface area contributed by atoms with Gasteiger partial charge in [-0.1, -0.05) is 0 Å². The fourth-order valence-electron chi connectivity index (χ4n) is 1.80. The van der Waals surface area contributed by atoms with Gasteiger partial charge in [0.2, 0.25) is 0 Å². The topological polar surface area (TPSA) is 123 Å². The molecule has 0 aliphatic carbocycles. The highest BCUT2D eigenvalue weighted by Crippen LogP contribution is 2.20. The van der Waals surface area contributed by atoms with Crippen LogP contribution in [0.4, 0.5) is 11.5 Å². The van der Waals surface area contributed by atoms with Crippen LogP contribution in [-0.4, -0.2) is 37.3 Å². The first-order valence-corrected chi connectivity index (χ1v) is 6.06. The summed E-state index contributed by atoms with van der Waals surface area (Å²) in [6, 6.07) is 1.16. The van der Waals surface area contributed by atoms with Gasteiger partial charge in [0.25, 0.3) is 0 Å². The number of carboxylic acids is 1. The van der Waals surface area contributed by atoms with Gasteiger partial charge in [0.05, 0.1) is 11.1 Å². The SMILES string of the molecule is Cn1cc(CCNc2cc(C(=O)O)c([N+](=O)[O-])cn2)cn1. The second kappa shape index (κ2) is 5.99. The highest BCUT2D eigenvalue weighted by Gasteiger charge is 2.20. The number of nitro groups is 1. The number of carboxylic acid groups (broad SMARTS) is 1. The fourth-order valence-corrected chi connectivity index (χ4v) is 1.80. The number of aromatic carboxylic acids is 1. The molecule has 2 aromatic heterocycles. The van der Waals surface area contributed by atoms with Crippen LogP contribution >= 0.6 is 0 Å². The molecule has 0 aliphatic rings. The Bertz CT molecular complexity index is 682. The zero-order chi connectivity index (χ0) is 15.4. The Kier molecular flexibility index (Phi) is 4.12. The largest absolute Gasteiger partial charge is 0.477 e. The van der Waals surface area contributed by atoms with Crippen molar-refractivity contribution in [2.24, 2.45) is 7.05 Å². The number of anilines is 1. The van der Waals surface area contributed by atoms with E-state index < -0.39 is 16.6 Å². The lowest BCUT2D eigenvalue weighted by Crippen LogP contribution is -2.09. The third-order valence-electron chi connectivity index (χ3n) is 2.79. The van der Waals surface area contributed by atoms with Crippen molar-refractivity contribution < 1.29 is 14.8 Å². The second-order valence-electron chi connectivity index (χ2n) is 4.35. The summed E-state index contributed by atoms with van der Waals surface area (Å²) < 4.78 is 1.68. The molecule has 2 heterocycles. The molecule has 110 valence electrons. The molecule has 9 heteroatoms. The Hall–Kier alpha value is -2.97. The van der Waals surface area contributed by atoms with Crippen LogP contribution in [0.3, 0.4) is 0 Å². The molecule has 0 saturated carbocycles. The third kappa shape index (κ3) is 3.53. The van der Waals surface area contributed by atoms with Crippen molar-refractivity contribution in [1.29, 1.82) is 0 Å². The highest BCUT2D eigenvalue weighted by molar-refractivity contribution is 5.93. The second-order valence-corrected chi connectivity index (χ2v) is 4.35. The lowest BCUT2D eigenvalue weighted by Gasteiger charge is -2.05. The molecule has 0 fully saturated rings. The van der Waals surface area contributed by atoms with Crippen LogP contribution in [-0.2, 0) is 13.5 Å². The molecule has 0 atom stereocenters. The van der Waals surface area contributed by atoms with Crippen molar-refractivity contribution >= 4 is 17.5 Å². The van der Waals surface area contributed by atoms with E-state index in [0.29, 0.717) is 13.0 Å². The molecule has 0 bridgehead atoms. The Balaban J connectivity index is 2.05. The number of hydrogen-bond acceptors (Lipinski definition) is 6. The van der Waals surface area contributed by atoms with Gasteiger partial charge in [-0.25, -0.2) is 9.78 Å². The van der Waals surface area contributed by atoms with Gasteiger partial charge in [0.15, 0.2) is 0 Å². The van der Waals surface area contributed by atoms with Crippen LogP contribution in [0.15, 0.2) is 24.7 Å². The van der Waals surface area contributed by atoms with Crippen molar-refractivity contribution in [3.05, 3.63) is 45.9 Å². The summed E-state index contributed by atoms with van der Waals surface area (Å²) in [5.74, 6) is -1.08. The van der Waals surface area contributed by atoms with Crippen LogP contribution in [0, 0.1) is 10.1 Å². The summed E-state index contributed by atoms with van der Waals surface area (Å²) in [6.07, 6.45) is 5.21. The highest BCUT2D eigenvalue weighted by atomic mass is 16.6. The molecule has 9 nitrogen and oxygen atoms in total. The number of carbonyl (C=O) groups is 1. The lowest BCUT2D eigenvalue weighted by atomic mass is 10.2. The van der Waals surface area contributed by atoms with Gasteiger partial charge in [0.1, 0.15) is 17.6 Å². The van der Waals surface area contributed by atoms with Crippen LogP contribution in [0.2, 0.25) is 0 Å². The standard InChI is InChI=1S/C12H13N5O4/c1-16-7-8(5-15-16)2-3-13-11-4-9(12(18)19)10(6-14-11)17(20)21/h4-7H,2-3H2,1H3,(H,13,14)(H,18,19). The van der Waals surface area contributed by atoms with E-state index in [0.717, 1.165) is 17.8 Å². The average Bonchev–Trinajstić information content (AvgIpc) is 2.84. The van der Waals surface area contributed by atoms with Crippen molar-refractivity contribution in [3.8, 4) is 0 Å². The van der Waals surface area contributed by atoms with Gasteiger partial charge in [0, 0.05) is 25.9 Å². The van der Waals surface area contributed by atoms with Crippen molar-refractivity contribution in [3.63, 3.8) is 0 Å². The molecule has 0 spiro atoms. The molecule has 0 radical (unpaired) electrons. The van der Waals surface area contributed by atoms with Gasteiger partial charge in [-0.15, -0.1) is 0 Å². The summed E-state index contributed by atoms with van der Waals surface area (Å²) in [4.78, 5) is 24.8. The molecular formula is C12H13N5O4. The molecule has 2 N–H and O–H groups in total. The van der Waals surface area contributed by atoms with Gasteiger partial charge >= 0.3 is 11.7 Å². The normalized spacial score (nSPS) is 10.3. The first-order valence-electron chi connectivity index (χ1n) is 6.06. The summed E-state index contributed by atoms with van der Waals surface area (Å²) >= 11 is 0. The van der Waals surface area contributed by atoms with E-state index in [1.807, 2.05) is 13.2 Å². The van der Waals surface area contributed by atoms with E-state index in [2.05, 4.69) is 15.4 Å². The monoisotopic (exact) mass is 291 g/mol. The zero-order valence-electron chi connectivity index (χ0n) is 11.2. The Morgan fingerprint density at radius 3 is 2.86 bits per heavy atom. The minimum absolute atomic E-state index is 0.280. The molecule has 0 aromatic carbocycles. The van der Waals surface area contributed by atoms with E-state index in [4.69, 9.17) is 5.11 Å². The minimum atomic E-state index is -1.36. The smallest absolute Gasteiger partial charge is 0.342 e. The summed E-state index contributed by atoms with van der Waals surface area (Å²) in [5, 5.41) is 26.6. The maximum Gasteiger partial charge on any atom is 0.342 e. The van der Waals surface area contributed by atoms with Crippen LogP contribution in [0.1, 0.15) is 15.9 Å². The number of pyridine rings is 1. The number of aromatic nitrogens is 3. The predicted molar refractivity (Wildman–Crippen MR) is 73.3 cm³/mol. The Morgan fingerprint density at radius 2 is 2.29 bits per heavy atom. The fraction of sp³-hybridized carbons (Fsp3) is 0.250. The Labute approximate surface area is 119 Å². The molecule has 0 unspecified atom stereocenters. The van der Waals surface area contributed by atoms with Gasteiger partial charge < -0.3 is 10.4 Å². The predicted octanol–water partition coefficient (Wildman–Crippen LogP) is 1.08. The van der Waals surface area contributed by atoms with E-state index in [9.17, 15) is 14.9 Å². The van der Waals surface area contributed by atoms with E-state index in [1.165, 1.54) is 0 Å². The van der Waals surface area contributed by atoms with Crippen LogP contribution in [0.5, 0.6) is 0 Å². The van der Waals surface area contributed by atoms with Crippen molar-refractivity contribution in [2.45, 2.75) is 6.42 Å².